The molecular formula is C15H16N2OS. The zero-order valence-electron chi connectivity index (χ0n) is 10.9. The third kappa shape index (κ3) is 2.59. The molecule has 0 bridgehead atoms. The van der Waals surface area contributed by atoms with Gasteiger partial charge in [-0.2, -0.15) is 0 Å². The monoisotopic (exact) mass is 272 g/mol. The lowest BCUT2D eigenvalue weighted by molar-refractivity contribution is -0.131. The van der Waals surface area contributed by atoms with Crippen LogP contribution in [0, 0.1) is 6.92 Å². The predicted octanol–water partition coefficient (Wildman–Crippen LogP) is 2.87. The molecule has 0 spiro atoms. The van der Waals surface area contributed by atoms with Crippen LogP contribution in [0.1, 0.15) is 12.0 Å². The molecule has 1 fully saturated rings. The van der Waals surface area contributed by atoms with E-state index < -0.39 is 0 Å². The van der Waals surface area contributed by atoms with Crippen molar-refractivity contribution >= 4 is 28.6 Å². The molecule has 4 heteroatoms. The molecule has 1 saturated heterocycles. The van der Waals surface area contributed by atoms with Crippen molar-refractivity contribution in [1.82, 2.24) is 9.88 Å². The molecule has 0 aliphatic carbocycles. The van der Waals surface area contributed by atoms with Gasteiger partial charge in [-0.3, -0.25) is 4.79 Å². The minimum atomic E-state index is 0.226. The van der Waals surface area contributed by atoms with E-state index in [2.05, 4.69) is 24.0 Å². The summed E-state index contributed by atoms with van der Waals surface area (Å²) in [5.74, 6) is 0.717. The van der Waals surface area contributed by atoms with E-state index in [-0.39, 0.29) is 5.91 Å². The molecule has 98 valence electrons. The first kappa shape index (κ1) is 12.5. The maximum absolute atomic E-state index is 11.8. The summed E-state index contributed by atoms with van der Waals surface area (Å²) in [6, 6.07) is 10.2. The molecule has 0 unspecified atom stereocenters. The number of carbonyl (C=O) groups excluding carboxylic acids is 1. The molecule has 3 rings (SSSR count). The molecule has 1 aromatic carbocycles. The number of hydrogen-bond acceptors (Lipinski definition) is 3. The van der Waals surface area contributed by atoms with E-state index in [0.717, 1.165) is 30.1 Å². The Morgan fingerprint density at radius 2 is 2.16 bits per heavy atom. The average molecular weight is 272 g/mol. The van der Waals surface area contributed by atoms with Gasteiger partial charge < -0.3 is 4.90 Å². The van der Waals surface area contributed by atoms with Crippen molar-refractivity contribution < 1.29 is 4.79 Å². The van der Waals surface area contributed by atoms with Gasteiger partial charge in [0.2, 0.25) is 5.91 Å². The van der Waals surface area contributed by atoms with Gasteiger partial charge in [0.1, 0.15) is 0 Å². The molecule has 1 aliphatic heterocycles. The van der Waals surface area contributed by atoms with Crippen molar-refractivity contribution in [3.05, 3.63) is 35.9 Å². The number of amides is 1. The summed E-state index contributed by atoms with van der Waals surface area (Å²) in [6.45, 7) is 3.93. The molecule has 19 heavy (non-hydrogen) atoms. The van der Waals surface area contributed by atoms with E-state index in [1.807, 2.05) is 23.1 Å². The minimum Gasteiger partial charge on any atom is -0.342 e. The van der Waals surface area contributed by atoms with E-state index in [4.69, 9.17) is 0 Å². The highest BCUT2D eigenvalue weighted by atomic mass is 32.2. The summed E-state index contributed by atoms with van der Waals surface area (Å²) >= 11 is 1.53. The van der Waals surface area contributed by atoms with Crippen LogP contribution in [0.5, 0.6) is 0 Å². The quantitative estimate of drug-likeness (QED) is 0.806. The van der Waals surface area contributed by atoms with Crippen LogP contribution >= 0.6 is 11.8 Å². The van der Waals surface area contributed by atoms with Crippen LogP contribution in [-0.4, -0.2) is 34.6 Å². The lowest BCUT2D eigenvalue weighted by Crippen LogP contribution is -2.43. The first-order valence-corrected chi connectivity index (χ1v) is 7.49. The van der Waals surface area contributed by atoms with E-state index in [9.17, 15) is 4.79 Å². The Bertz CT molecular complexity index is 623. The molecule has 0 saturated carbocycles. The summed E-state index contributed by atoms with van der Waals surface area (Å²) in [6.07, 6.45) is 1.14. The third-order valence-electron chi connectivity index (χ3n) is 3.45. The van der Waals surface area contributed by atoms with Crippen LogP contribution < -0.4 is 0 Å². The number of aryl methyl sites for hydroxylation is 1. The Balaban J connectivity index is 1.75. The molecule has 3 nitrogen and oxygen atoms in total. The van der Waals surface area contributed by atoms with Crippen molar-refractivity contribution in [3.8, 4) is 0 Å². The number of aromatic nitrogens is 1. The van der Waals surface area contributed by atoms with Gasteiger partial charge in [-0.05, 0) is 31.0 Å². The zero-order chi connectivity index (χ0) is 13.2. The smallest absolute Gasteiger partial charge is 0.232 e. The fraction of sp³-hybridized carbons (Fsp3) is 0.333. The van der Waals surface area contributed by atoms with Crippen LogP contribution in [0.15, 0.2) is 35.4 Å². The summed E-state index contributed by atoms with van der Waals surface area (Å²) in [4.78, 5) is 18.3. The molecule has 0 N–H and O–H groups in total. The standard InChI is InChI=1S/C15H16N2OS/c1-11-9-14(16-13-6-3-2-5-12(11)13)19-10-15(18)17-7-4-8-17/h2-3,5-6,9H,4,7-8,10H2,1H3. The van der Waals surface area contributed by atoms with E-state index >= 15 is 0 Å². The van der Waals surface area contributed by atoms with Crippen LogP contribution in [0.4, 0.5) is 0 Å². The molecule has 2 aromatic rings. The molecular weight excluding hydrogens is 256 g/mol. The van der Waals surface area contributed by atoms with Gasteiger partial charge in [0, 0.05) is 18.5 Å². The summed E-state index contributed by atoms with van der Waals surface area (Å²) in [5, 5.41) is 2.12. The maximum Gasteiger partial charge on any atom is 0.232 e. The topological polar surface area (TPSA) is 33.2 Å². The number of rotatable bonds is 3. The van der Waals surface area contributed by atoms with E-state index in [0.29, 0.717) is 5.75 Å². The first-order valence-electron chi connectivity index (χ1n) is 6.51. The average Bonchev–Trinajstić information content (AvgIpc) is 2.34. The van der Waals surface area contributed by atoms with Gasteiger partial charge in [0.05, 0.1) is 16.3 Å². The van der Waals surface area contributed by atoms with Gasteiger partial charge in [-0.1, -0.05) is 30.0 Å². The molecule has 1 amide bonds. The van der Waals surface area contributed by atoms with E-state index in [1.54, 1.807) is 0 Å². The lowest BCUT2D eigenvalue weighted by atomic mass is 10.1. The lowest BCUT2D eigenvalue weighted by Gasteiger charge is -2.30. The summed E-state index contributed by atoms with van der Waals surface area (Å²) in [7, 11) is 0. The number of nitrogens with zero attached hydrogens (tertiary/aromatic N) is 2. The Labute approximate surface area is 117 Å². The molecule has 1 aliphatic rings. The first-order chi connectivity index (χ1) is 9.24. The third-order valence-corrected chi connectivity index (χ3v) is 4.35. The Morgan fingerprint density at radius 1 is 1.37 bits per heavy atom. The maximum atomic E-state index is 11.8. The number of likely N-dealkylation sites (tertiary alicyclic amines) is 1. The second-order valence-corrected chi connectivity index (χ2v) is 5.81. The Kier molecular flexibility index (Phi) is 3.42. The number of para-hydroxylation sites is 1. The summed E-state index contributed by atoms with van der Waals surface area (Å²) in [5.41, 5.74) is 2.21. The minimum absolute atomic E-state index is 0.226. The number of benzene rings is 1. The second-order valence-electron chi connectivity index (χ2n) is 4.82. The van der Waals surface area contributed by atoms with Gasteiger partial charge >= 0.3 is 0 Å². The number of carbonyl (C=O) groups is 1. The number of pyridine rings is 1. The van der Waals surface area contributed by atoms with Crippen molar-refractivity contribution in [2.45, 2.75) is 18.4 Å². The van der Waals surface area contributed by atoms with Crippen molar-refractivity contribution in [3.63, 3.8) is 0 Å². The summed E-state index contributed by atoms with van der Waals surface area (Å²) < 4.78 is 0. The van der Waals surface area contributed by atoms with Gasteiger partial charge in [0.25, 0.3) is 0 Å². The van der Waals surface area contributed by atoms with Crippen molar-refractivity contribution in [2.24, 2.45) is 0 Å². The molecule has 0 atom stereocenters. The fourth-order valence-electron chi connectivity index (χ4n) is 2.19. The van der Waals surface area contributed by atoms with Crippen LogP contribution in [-0.2, 0) is 4.79 Å². The van der Waals surface area contributed by atoms with E-state index in [1.165, 1.54) is 22.7 Å². The number of hydrogen-bond donors (Lipinski definition) is 0. The highest BCUT2D eigenvalue weighted by molar-refractivity contribution is 7.99. The largest absolute Gasteiger partial charge is 0.342 e. The molecule has 1 aromatic heterocycles. The van der Waals surface area contributed by atoms with Crippen molar-refractivity contribution in [2.75, 3.05) is 18.8 Å². The van der Waals surface area contributed by atoms with Gasteiger partial charge in [0.15, 0.2) is 0 Å². The zero-order valence-corrected chi connectivity index (χ0v) is 11.7. The second kappa shape index (κ2) is 5.21. The predicted molar refractivity (Wildman–Crippen MR) is 78.4 cm³/mol. The number of thioether (sulfide) groups is 1. The molecule has 0 radical (unpaired) electrons. The highest BCUT2D eigenvalue weighted by Gasteiger charge is 2.20. The van der Waals surface area contributed by atoms with Crippen LogP contribution in [0.3, 0.4) is 0 Å². The Hall–Kier alpha value is -1.55. The Morgan fingerprint density at radius 3 is 2.89 bits per heavy atom. The normalized spacial score (nSPS) is 14.5. The van der Waals surface area contributed by atoms with Gasteiger partial charge in [-0.25, -0.2) is 4.98 Å². The van der Waals surface area contributed by atoms with Gasteiger partial charge in [-0.15, -0.1) is 0 Å². The van der Waals surface area contributed by atoms with Crippen molar-refractivity contribution in [1.29, 1.82) is 0 Å². The molecule has 2 heterocycles. The number of fused-ring (bicyclic) bond motifs is 1. The highest BCUT2D eigenvalue weighted by Crippen LogP contribution is 2.24. The SMILES string of the molecule is Cc1cc(SCC(=O)N2CCC2)nc2ccccc12. The van der Waals surface area contributed by atoms with Crippen LogP contribution in [0.2, 0.25) is 0 Å². The van der Waals surface area contributed by atoms with Crippen LogP contribution in [0.25, 0.3) is 10.9 Å². The fourth-order valence-corrected chi connectivity index (χ4v) is 3.06.